The summed E-state index contributed by atoms with van der Waals surface area (Å²) in [5.74, 6) is 0.393. The van der Waals surface area contributed by atoms with Gasteiger partial charge in [0.05, 0.1) is 16.5 Å². The highest BCUT2D eigenvalue weighted by Crippen LogP contribution is 2.36. The number of carbonyl (C=O) groups is 1. The molecule has 0 fully saturated rings. The van der Waals surface area contributed by atoms with Crippen molar-refractivity contribution in [2.45, 2.75) is 26.4 Å². The van der Waals surface area contributed by atoms with Gasteiger partial charge in [0, 0.05) is 29.9 Å². The molecule has 1 aromatic heterocycles. The molecule has 1 aromatic carbocycles. The highest BCUT2D eigenvalue weighted by atomic mass is 35.5. The molecule has 2 rings (SSSR count). The van der Waals surface area contributed by atoms with Gasteiger partial charge in [0.15, 0.2) is 5.75 Å². The number of hydrogen-bond acceptors (Lipinski definition) is 3. The summed E-state index contributed by atoms with van der Waals surface area (Å²) in [6.45, 7) is 4.36. The van der Waals surface area contributed by atoms with Crippen LogP contribution in [-0.2, 0) is 11.2 Å². The predicted octanol–water partition coefficient (Wildman–Crippen LogP) is 4.80. The highest BCUT2D eigenvalue weighted by molar-refractivity contribution is 6.40. The van der Waals surface area contributed by atoms with Crippen molar-refractivity contribution in [3.8, 4) is 5.75 Å². The fraction of sp³-hybridized carbons (Fsp3) is 0.333. The second kappa shape index (κ2) is 9.27. The van der Waals surface area contributed by atoms with Crippen molar-refractivity contribution >= 4 is 40.7 Å². The van der Waals surface area contributed by atoms with E-state index >= 15 is 0 Å². The van der Waals surface area contributed by atoms with Crippen LogP contribution in [0.15, 0.2) is 36.7 Å². The van der Waals surface area contributed by atoms with Crippen LogP contribution in [0, 0.1) is 5.92 Å². The number of nitrogens with one attached hydrogen (secondary N) is 1. The molecule has 2 atom stereocenters. The Balaban J connectivity index is 1.86. The quantitative estimate of drug-likeness (QED) is 0.724. The summed E-state index contributed by atoms with van der Waals surface area (Å²) in [5.41, 5.74) is 0.872. The predicted molar refractivity (Wildman–Crippen MR) is 102 cm³/mol. The topological polar surface area (TPSA) is 51.2 Å². The molecule has 1 heterocycles. The number of amides is 1. The zero-order valence-electron chi connectivity index (χ0n) is 13.9. The molecule has 0 saturated heterocycles. The number of hydrogen-bond donors (Lipinski definition) is 1. The summed E-state index contributed by atoms with van der Waals surface area (Å²) in [6, 6.07) is 6.84. The Morgan fingerprint density at radius 1 is 1.24 bits per heavy atom. The van der Waals surface area contributed by atoms with E-state index in [1.54, 1.807) is 30.6 Å². The third-order valence-electron chi connectivity index (χ3n) is 3.78. The number of aromatic nitrogens is 1. The maximum atomic E-state index is 12.0. The lowest BCUT2D eigenvalue weighted by Crippen LogP contribution is -2.35. The maximum Gasteiger partial charge on any atom is 0.224 e. The molecule has 0 aliphatic carbocycles. The van der Waals surface area contributed by atoms with Gasteiger partial charge >= 0.3 is 0 Å². The molecule has 2 unspecified atom stereocenters. The molecule has 7 heteroatoms. The van der Waals surface area contributed by atoms with Crippen molar-refractivity contribution < 1.29 is 9.53 Å². The number of pyridine rings is 1. The van der Waals surface area contributed by atoms with Crippen molar-refractivity contribution in [3.63, 3.8) is 0 Å². The Hall–Kier alpha value is -1.49. The molecule has 25 heavy (non-hydrogen) atoms. The van der Waals surface area contributed by atoms with E-state index in [2.05, 4.69) is 10.3 Å². The zero-order valence-corrected chi connectivity index (χ0v) is 16.2. The van der Waals surface area contributed by atoms with E-state index in [1.807, 2.05) is 19.9 Å². The van der Waals surface area contributed by atoms with E-state index in [0.717, 1.165) is 5.56 Å². The van der Waals surface area contributed by atoms with Crippen LogP contribution in [-0.4, -0.2) is 23.5 Å². The molecule has 0 aliphatic rings. The summed E-state index contributed by atoms with van der Waals surface area (Å²) >= 11 is 18.2. The minimum atomic E-state index is -0.199. The molecule has 134 valence electrons. The van der Waals surface area contributed by atoms with Crippen LogP contribution >= 0.6 is 34.8 Å². The normalized spacial score (nSPS) is 13.2. The van der Waals surface area contributed by atoms with Gasteiger partial charge in [0.25, 0.3) is 0 Å². The van der Waals surface area contributed by atoms with E-state index in [9.17, 15) is 4.79 Å². The first kappa shape index (κ1) is 19.8. The van der Waals surface area contributed by atoms with Gasteiger partial charge in [-0.3, -0.25) is 9.78 Å². The average Bonchev–Trinajstić information content (AvgIpc) is 2.56. The Kier molecular flexibility index (Phi) is 7.36. The summed E-state index contributed by atoms with van der Waals surface area (Å²) < 4.78 is 5.86. The summed E-state index contributed by atoms with van der Waals surface area (Å²) in [4.78, 5) is 16.0. The molecule has 2 aromatic rings. The first-order valence-corrected chi connectivity index (χ1v) is 8.97. The highest BCUT2D eigenvalue weighted by Gasteiger charge is 2.18. The lowest BCUT2D eigenvalue weighted by Gasteiger charge is -2.23. The smallest absolute Gasteiger partial charge is 0.224 e. The van der Waals surface area contributed by atoms with Crippen LogP contribution in [0.1, 0.15) is 19.4 Å². The Morgan fingerprint density at radius 2 is 1.92 bits per heavy atom. The average molecular weight is 402 g/mol. The molecular weight excluding hydrogens is 383 g/mol. The monoisotopic (exact) mass is 400 g/mol. The van der Waals surface area contributed by atoms with E-state index in [-0.39, 0.29) is 17.9 Å². The fourth-order valence-corrected chi connectivity index (χ4v) is 3.04. The Bertz CT molecular complexity index is 703. The van der Waals surface area contributed by atoms with Gasteiger partial charge in [0.1, 0.15) is 6.10 Å². The Labute approximate surface area is 162 Å². The van der Waals surface area contributed by atoms with Crippen molar-refractivity contribution in [1.29, 1.82) is 0 Å². The van der Waals surface area contributed by atoms with Crippen molar-refractivity contribution in [2.75, 3.05) is 6.54 Å². The second-order valence-electron chi connectivity index (χ2n) is 5.84. The Morgan fingerprint density at radius 3 is 2.52 bits per heavy atom. The first-order valence-electron chi connectivity index (χ1n) is 7.83. The lowest BCUT2D eigenvalue weighted by atomic mass is 10.1. The van der Waals surface area contributed by atoms with E-state index in [1.165, 1.54) is 0 Å². The van der Waals surface area contributed by atoms with Crippen LogP contribution in [0.3, 0.4) is 0 Å². The third-order valence-corrected chi connectivity index (χ3v) is 4.56. The number of carbonyl (C=O) groups excluding carboxylic acids is 1. The number of nitrogens with zero attached hydrogens (tertiary/aromatic N) is 1. The number of halogens is 3. The van der Waals surface area contributed by atoms with E-state index in [0.29, 0.717) is 33.8 Å². The molecule has 4 nitrogen and oxygen atoms in total. The molecule has 0 bridgehead atoms. The lowest BCUT2D eigenvalue weighted by molar-refractivity contribution is -0.120. The molecule has 1 amide bonds. The van der Waals surface area contributed by atoms with Crippen LogP contribution in [0.5, 0.6) is 5.75 Å². The van der Waals surface area contributed by atoms with Gasteiger partial charge < -0.3 is 10.1 Å². The molecule has 0 spiro atoms. The van der Waals surface area contributed by atoms with E-state index in [4.69, 9.17) is 39.5 Å². The molecule has 1 N–H and O–H groups in total. The first-order chi connectivity index (χ1) is 11.9. The van der Waals surface area contributed by atoms with Crippen molar-refractivity contribution in [1.82, 2.24) is 10.3 Å². The molecule has 0 saturated carbocycles. The van der Waals surface area contributed by atoms with Crippen LogP contribution in [0.2, 0.25) is 15.1 Å². The van der Waals surface area contributed by atoms with Crippen LogP contribution < -0.4 is 10.1 Å². The van der Waals surface area contributed by atoms with Crippen LogP contribution in [0.4, 0.5) is 0 Å². The number of rotatable bonds is 7. The van der Waals surface area contributed by atoms with Crippen molar-refractivity contribution in [3.05, 3.63) is 57.3 Å². The van der Waals surface area contributed by atoms with Gasteiger partial charge in [-0.05, 0) is 30.7 Å². The second-order valence-corrected chi connectivity index (χ2v) is 7.09. The van der Waals surface area contributed by atoms with Gasteiger partial charge in [-0.15, -0.1) is 0 Å². The number of ether oxygens (including phenoxy) is 1. The summed E-state index contributed by atoms with van der Waals surface area (Å²) in [6.07, 6.45) is 3.45. The third kappa shape index (κ3) is 6.07. The molecule has 0 aliphatic heterocycles. The molecular formula is C18H19Cl3N2O2. The maximum absolute atomic E-state index is 12.0. The fourth-order valence-electron chi connectivity index (χ4n) is 2.13. The van der Waals surface area contributed by atoms with Gasteiger partial charge in [-0.2, -0.15) is 0 Å². The number of benzene rings is 1. The summed E-state index contributed by atoms with van der Waals surface area (Å²) in [7, 11) is 0. The summed E-state index contributed by atoms with van der Waals surface area (Å²) in [5, 5.41) is 4.07. The largest absolute Gasteiger partial charge is 0.487 e. The standard InChI is InChI=1S/C18H19Cl3N2O2/c1-11(9-23-17(24)6-13-4-3-5-22-10-13)12(2)25-18-15(20)7-14(19)8-16(18)21/h3-5,7-8,10-12H,6,9H2,1-2H3,(H,23,24). The SMILES string of the molecule is CC(CNC(=O)Cc1cccnc1)C(C)Oc1c(Cl)cc(Cl)cc1Cl. The van der Waals surface area contributed by atoms with Crippen molar-refractivity contribution in [2.24, 2.45) is 5.92 Å². The van der Waals surface area contributed by atoms with Gasteiger partial charge in [-0.1, -0.05) is 47.8 Å². The van der Waals surface area contributed by atoms with Gasteiger partial charge in [0.2, 0.25) is 5.91 Å². The molecule has 0 radical (unpaired) electrons. The minimum Gasteiger partial charge on any atom is -0.487 e. The van der Waals surface area contributed by atoms with Gasteiger partial charge in [-0.25, -0.2) is 0 Å². The van der Waals surface area contributed by atoms with E-state index < -0.39 is 0 Å². The zero-order chi connectivity index (χ0) is 18.4. The van der Waals surface area contributed by atoms with Crippen LogP contribution in [0.25, 0.3) is 0 Å². The minimum absolute atomic E-state index is 0.0562.